The van der Waals surface area contributed by atoms with Crippen molar-refractivity contribution in [2.45, 2.75) is 6.92 Å². The van der Waals surface area contributed by atoms with E-state index in [1.165, 1.54) is 0 Å². The van der Waals surface area contributed by atoms with Gasteiger partial charge in [0.2, 0.25) is 0 Å². The van der Waals surface area contributed by atoms with E-state index in [0.717, 1.165) is 11.3 Å². The maximum atomic E-state index is 12.0. The lowest BCUT2D eigenvalue weighted by Gasteiger charge is -2.19. The van der Waals surface area contributed by atoms with Gasteiger partial charge >= 0.3 is 6.03 Å². The number of fused-ring (bicyclic) bond motifs is 1. The number of hydrogen-bond acceptors (Lipinski definition) is 3. The minimum absolute atomic E-state index is 0.294. The summed E-state index contributed by atoms with van der Waals surface area (Å²) in [7, 11) is 0. The maximum Gasteiger partial charge on any atom is 0.323 e. The van der Waals surface area contributed by atoms with Crippen molar-refractivity contribution in [3.05, 3.63) is 48.0 Å². The highest BCUT2D eigenvalue weighted by atomic mass is 16.6. The van der Waals surface area contributed by atoms with E-state index < -0.39 is 0 Å². The second kappa shape index (κ2) is 5.75. The minimum atomic E-state index is -0.294. The highest BCUT2D eigenvalue weighted by Crippen LogP contribution is 2.32. The molecule has 0 unspecified atom stereocenters. The topological polar surface area (TPSA) is 59.6 Å². The van der Waals surface area contributed by atoms with Crippen molar-refractivity contribution in [2.24, 2.45) is 0 Å². The molecule has 0 aromatic heterocycles. The molecule has 0 atom stereocenters. The monoisotopic (exact) mass is 284 g/mol. The van der Waals surface area contributed by atoms with Crippen molar-refractivity contribution >= 4 is 17.4 Å². The molecule has 0 aliphatic carbocycles. The van der Waals surface area contributed by atoms with E-state index in [1.54, 1.807) is 18.2 Å². The van der Waals surface area contributed by atoms with Crippen LogP contribution in [0.3, 0.4) is 0 Å². The van der Waals surface area contributed by atoms with Crippen LogP contribution in [0.5, 0.6) is 11.5 Å². The Labute approximate surface area is 122 Å². The molecule has 2 N–H and O–H groups in total. The first-order valence-corrected chi connectivity index (χ1v) is 6.75. The summed E-state index contributed by atoms with van der Waals surface area (Å²) in [4.78, 5) is 12.0. The Balaban J connectivity index is 1.67. The largest absolute Gasteiger partial charge is 0.486 e. The van der Waals surface area contributed by atoms with Gasteiger partial charge in [-0.1, -0.05) is 12.1 Å². The van der Waals surface area contributed by atoms with Gasteiger partial charge in [-0.25, -0.2) is 4.79 Å². The molecule has 0 bridgehead atoms. The predicted octanol–water partition coefficient (Wildman–Crippen LogP) is 3.41. The third-order valence-corrected chi connectivity index (χ3v) is 3.08. The van der Waals surface area contributed by atoms with Crippen LogP contribution in [0.1, 0.15) is 5.56 Å². The summed E-state index contributed by atoms with van der Waals surface area (Å²) in [5.41, 5.74) is 2.50. The highest BCUT2D eigenvalue weighted by molar-refractivity contribution is 5.99. The number of hydrogen-bond donors (Lipinski definition) is 2. The Kier molecular flexibility index (Phi) is 3.64. The molecule has 21 heavy (non-hydrogen) atoms. The maximum absolute atomic E-state index is 12.0. The molecule has 2 aromatic rings. The summed E-state index contributed by atoms with van der Waals surface area (Å²) in [5, 5.41) is 5.56. The zero-order valence-corrected chi connectivity index (χ0v) is 11.7. The molecule has 3 rings (SSSR count). The number of carbonyl (C=O) groups excluding carboxylic acids is 1. The second-order valence-corrected chi connectivity index (χ2v) is 4.81. The number of rotatable bonds is 2. The normalized spacial score (nSPS) is 12.6. The van der Waals surface area contributed by atoms with Gasteiger partial charge in [0.15, 0.2) is 11.5 Å². The first-order valence-electron chi connectivity index (χ1n) is 6.75. The Bertz CT molecular complexity index is 670. The van der Waals surface area contributed by atoms with Crippen molar-refractivity contribution in [3.63, 3.8) is 0 Å². The molecule has 0 spiro atoms. The van der Waals surface area contributed by atoms with Gasteiger partial charge in [-0.2, -0.15) is 0 Å². The second-order valence-electron chi connectivity index (χ2n) is 4.81. The minimum Gasteiger partial charge on any atom is -0.486 e. The average molecular weight is 284 g/mol. The lowest BCUT2D eigenvalue weighted by molar-refractivity contribution is 0.171. The fourth-order valence-electron chi connectivity index (χ4n) is 2.14. The summed E-state index contributed by atoms with van der Waals surface area (Å²) in [6, 6.07) is 12.7. The Hall–Kier alpha value is -2.69. The van der Waals surface area contributed by atoms with Gasteiger partial charge in [0.1, 0.15) is 13.2 Å². The smallest absolute Gasteiger partial charge is 0.323 e. The molecule has 5 nitrogen and oxygen atoms in total. The molecular weight excluding hydrogens is 268 g/mol. The third-order valence-electron chi connectivity index (χ3n) is 3.08. The fourth-order valence-corrected chi connectivity index (χ4v) is 2.14. The number of aryl methyl sites for hydroxylation is 1. The van der Waals surface area contributed by atoms with Crippen molar-refractivity contribution in [1.82, 2.24) is 0 Å². The summed E-state index contributed by atoms with van der Waals surface area (Å²) in [6.07, 6.45) is 0. The van der Waals surface area contributed by atoms with Gasteiger partial charge in [0, 0.05) is 17.4 Å². The van der Waals surface area contributed by atoms with Crippen LogP contribution in [-0.2, 0) is 0 Å². The lowest BCUT2D eigenvalue weighted by atomic mass is 10.2. The molecule has 0 fully saturated rings. The van der Waals surface area contributed by atoms with Crippen molar-refractivity contribution in [3.8, 4) is 11.5 Å². The number of benzene rings is 2. The number of amides is 2. The van der Waals surface area contributed by atoms with E-state index in [4.69, 9.17) is 9.47 Å². The standard InChI is InChI=1S/C16H16N2O3/c1-11-3-2-4-12(9-11)17-16(19)18-13-5-6-14-15(10-13)21-8-7-20-14/h2-6,9-10H,7-8H2,1H3,(H2,17,18,19). The van der Waals surface area contributed by atoms with E-state index >= 15 is 0 Å². The fraction of sp³-hybridized carbons (Fsp3) is 0.188. The molecule has 108 valence electrons. The molecule has 1 aliphatic rings. The summed E-state index contributed by atoms with van der Waals surface area (Å²) in [6.45, 7) is 3.05. The van der Waals surface area contributed by atoms with Crippen LogP contribution < -0.4 is 20.1 Å². The molecular formula is C16H16N2O3. The van der Waals surface area contributed by atoms with Gasteiger partial charge in [0.05, 0.1) is 0 Å². The first kappa shape index (κ1) is 13.3. The van der Waals surface area contributed by atoms with Crippen LogP contribution >= 0.6 is 0 Å². The van der Waals surface area contributed by atoms with Gasteiger partial charge < -0.3 is 20.1 Å². The number of ether oxygens (including phenoxy) is 2. The predicted molar refractivity (Wildman–Crippen MR) is 81.3 cm³/mol. The Morgan fingerprint density at radius 1 is 0.952 bits per heavy atom. The Morgan fingerprint density at radius 2 is 1.67 bits per heavy atom. The van der Waals surface area contributed by atoms with Crippen LogP contribution in [0.25, 0.3) is 0 Å². The quantitative estimate of drug-likeness (QED) is 0.888. The number of urea groups is 1. The summed E-state index contributed by atoms with van der Waals surface area (Å²) < 4.78 is 10.9. The van der Waals surface area contributed by atoms with Crippen molar-refractivity contribution in [2.75, 3.05) is 23.8 Å². The molecule has 5 heteroatoms. The summed E-state index contributed by atoms with van der Waals surface area (Å²) >= 11 is 0. The molecule has 1 heterocycles. The first-order chi connectivity index (χ1) is 10.2. The van der Waals surface area contributed by atoms with Gasteiger partial charge in [-0.15, -0.1) is 0 Å². The van der Waals surface area contributed by atoms with E-state index in [-0.39, 0.29) is 6.03 Å². The van der Waals surface area contributed by atoms with Gasteiger partial charge in [0.25, 0.3) is 0 Å². The number of nitrogens with one attached hydrogen (secondary N) is 2. The van der Waals surface area contributed by atoms with Crippen LogP contribution in [0.2, 0.25) is 0 Å². The van der Waals surface area contributed by atoms with E-state index in [0.29, 0.717) is 30.4 Å². The van der Waals surface area contributed by atoms with Crippen LogP contribution in [0.15, 0.2) is 42.5 Å². The molecule has 2 aromatic carbocycles. The van der Waals surface area contributed by atoms with Crippen LogP contribution in [0, 0.1) is 6.92 Å². The van der Waals surface area contributed by atoms with Gasteiger partial charge in [-0.05, 0) is 36.8 Å². The molecule has 0 radical (unpaired) electrons. The zero-order valence-electron chi connectivity index (χ0n) is 11.7. The zero-order chi connectivity index (χ0) is 14.7. The van der Waals surface area contributed by atoms with Crippen molar-refractivity contribution in [1.29, 1.82) is 0 Å². The average Bonchev–Trinajstić information content (AvgIpc) is 2.47. The number of anilines is 2. The van der Waals surface area contributed by atoms with E-state index in [1.807, 2.05) is 31.2 Å². The van der Waals surface area contributed by atoms with E-state index in [9.17, 15) is 4.79 Å². The van der Waals surface area contributed by atoms with E-state index in [2.05, 4.69) is 10.6 Å². The third kappa shape index (κ3) is 3.25. The van der Waals surface area contributed by atoms with Crippen LogP contribution in [-0.4, -0.2) is 19.2 Å². The number of carbonyl (C=O) groups is 1. The SMILES string of the molecule is Cc1cccc(NC(=O)Nc2ccc3c(c2)OCCO3)c1. The lowest BCUT2D eigenvalue weighted by Crippen LogP contribution is -2.20. The Morgan fingerprint density at radius 3 is 2.43 bits per heavy atom. The molecule has 1 aliphatic heterocycles. The highest BCUT2D eigenvalue weighted by Gasteiger charge is 2.12. The summed E-state index contributed by atoms with van der Waals surface area (Å²) in [5.74, 6) is 1.35. The molecule has 0 saturated carbocycles. The van der Waals surface area contributed by atoms with Crippen LogP contribution in [0.4, 0.5) is 16.2 Å². The molecule has 0 saturated heterocycles. The van der Waals surface area contributed by atoms with Gasteiger partial charge in [-0.3, -0.25) is 0 Å². The molecule has 2 amide bonds. The van der Waals surface area contributed by atoms with Crippen molar-refractivity contribution < 1.29 is 14.3 Å².